The van der Waals surface area contributed by atoms with Gasteiger partial charge in [-0.05, 0) is 31.8 Å². The second kappa shape index (κ2) is 2.94. The summed E-state index contributed by atoms with van der Waals surface area (Å²) in [6.07, 6.45) is 4.90. The third kappa shape index (κ3) is 1.11. The number of hydrogen-bond acceptors (Lipinski definition) is 2. The second-order valence-corrected chi connectivity index (χ2v) is 4.40. The van der Waals surface area contributed by atoms with Gasteiger partial charge in [0, 0.05) is 11.8 Å². The Balaban J connectivity index is 2.42. The van der Waals surface area contributed by atoms with Crippen LogP contribution >= 0.6 is 0 Å². The summed E-state index contributed by atoms with van der Waals surface area (Å²) in [5, 5.41) is 8.99. The van der Waals surface area contributed by atoms with Gasteiger partial charge in [-0.3, -0.25) is 9.59 Å². The molecule has 2 atom stereocenters. The van der Waals surface area contributed by atoms with E-state index < -0.39 is 17.3 Å². The molecule has 76 valence electrons. The van der Waals surface area contributed by atoms with E-state index in [-0.39, 0.29) is 12.2 Å². The lowest BCUT2D eigenvalue weighted by molar-refractivity contribution is -0.141. The zero-order chi connectivity index (χ0) is 10.3. The van der Waals surface area contributed by atoms with Crippen LogP contribution in [0, 0.1) is 11.3 Å². The van der Waals surface area contributed by atoms with Gasteiger partial charge in [-0.15, -0.1) is 0 Å². The van der Waals surface area contributed by atoms with Crippen molar-refractivity contribution in [3.63, 3.8) is 0 Å². The van der Waals surface area contributed by atoms with E-state index >= 15 is 0 Å². The molecule has 2 unspecified atom stereocenters. The molecule has 0 aliphatic heterocycles. The van der Waals surface area contributed by atoms with Crippen LogP contribution in [-0.2, 0) is 9.59 Å². The van der Waals surface area contributed by atoms with Crippen LogP contribution in [0.4, 0.5) is 0 Å². The topological polar surface area (TPSA) is 54.4 Å². The third-order valence-electron chi connectivity index (χ3n) is 3.56. The molecule has 1 N–H and O–H groups in total. The van der Waals surface area contributed by atoms with Crippen molar-refractivity contribution in [1.82, 2.24) is 0 Å². The van der Waals surface area contributed by atoms with Crippen molar-refractivity contribution >= 4 is 11.8 Å². The number of fused-ring (bicyclic) bond motifs is 1. The van der Waals surface area contributed by atoms with Gasteiger partial charge in [0.25, 0.3) is 0 Å². The maximum absolute atomic E-state index is 11.7. The Morgan fingerprint density at radius 1 is 1.64 bits per heavy atom. The predicted molar refractivity (Wildman–Crippen MR) is 50.8 cm³/mol. The Labute approximate surface area is 82.8 Å². The summed E-state index contributed by atoms with van der Waals surface area (Å²) in [7, 11) is 0. The fourth-order valence-electron chi connectivity index (χ4n) is 2.65. The smallest absolute Gasteiger partial charge is 0.311 e. The van der Waals surface area contributed by atoms with E-state index in [0.717, 1.165) is 24.8 Å². The third-order valence-corrected chi connectivity index (χ3v) is 3.56. The monoisotopic (exact) mass is 194 g/mol. The number of rotatable bonds is 1. The predicted octanol–water partition coefficient (Wildman–Crippen LogP) is 1.78. The first-order valence-electron chi connectivity index (χ1n) is 5.02. The van der Waals surface area contributed by atoms with E-state index in [1.165, 1.54) is 0 Å². The molecule has 2 rings (SSSR count). The van der Waals surface area contributed by atoms with Crippen LogP contribution in [0.5, 0.6) is 0 Å². The fourth-order valence-corrected chi connectivity index (χ4v) is 2.65. The van der Waals surface area contributed by atoms with E-state index in [9.17, 15) is 9.59 Å². The number of carboxylic acids is 1. The lowest BCUT2D eigenvalue weighted by atomic mass is 9.74. The Bertz CT molecular complexity index is 329. The van der Waals surface area contributed by atoms with Crippen molar-refractivity contribution in [2.24, 2.45) is 11.3 Å². The molecule has 2 aliphatic carbocycles. The van der Waals surface area contributed by atoms with Gasteiger partial charge in [-0.2, -0.15) is 0 Å². The summed E-state index contributed by atoms with van der Waals surface area (Å²) in [5.74, 6) is -1.29. The zero-order valence-corrected chi connectivity index (χ0v) is 8.25. The maximum atomic E-state index is 11.7. The van der Waals surface area contributed by atoms with Gasteiger partial charge in [0.2, 0.25) is 0 Å². The molecule has 0 bridgehead atoms. The van der Waals surface area contributed by atoms with Crippen molar-refractivity contribution in [2.75, 3.05) is 0 Å². The summed E-state index contributed by atoms with van der Waals surface area (Å²) in [4.78, 5) is 22.7. The minimum Gasteiger partial charge on any atom is -0.481 e. The standard InChI is InChI=1S/C11H14O3/c1-11-5-3-2-4-8(11)7(10(13)14)6-9(11)12/h4,7H,2-3,5-6H2,1H3,(H,13,14). The highest BCUT2D eigenvalue weighted by atomic mass is 16.4. The van der Waals surface area contributed by atoms with Crippen LogP contribution in [-0.4, -0.2) is 16.9 Å². The fraction of sp³-hybridized carbons (Fsp3) is 0.636. The first-order valence-corrected chi connectivity index (χ1v) is 5.02. The first-order chi connectivity index (χ1) is 6.55. The van der Waals surface area contributed by atoms with Gasteiger partial charge >= 0.3 is 5.97 Å². The Kier molecular flexibility index (Phi) is 1.98. The molecule has 2 aliphatic rings. The number of allylic oxidation sites excluding steroid dienone is 1. The molecule has 0 aromatic carbocycles. The summed E-state index contributed by atoms with van der Waals surface area (Å²) < 4.78 is 0. The zero-order valence-electron chi connectivity index (χ0n) is 8.25. The number of aliphatic carboxylic acids is 1. The highest BCUT2D eigenvalue weighted by molar-refractivity contribution is 5.97. The van der Waals surface area contributed by atoms with Crippen LogP contribution in [0.25, 0.3) is 0 Å². The molecule has 14 heavy (non-hydrogen) atoms. The number of carboxylic acid groups (broad SMARTS) is 1. The van der Waals surface area contributed by atoms with E-state index in [4.69, 9.17) is 5.11 Å². The largest absolute Gasteiger partial charge is 0.481 e. The highest BCUT2D eigenvalue weighted by Crippen LogP contribution is 2.49. The lowest BCUT2D eigenvalue weighted by Crippen LogP contribution is -2.26. The SMILES string of the molecule is CC12CCCC=C1C(C(=O)O)CC2=O. The normalized spacial score (nSPS) is 36.5. The molecule has 0 heterocycles. The molecule has 0 aromatic rings. The quantitative estimate of drug-likeness (QED) is 0.647. The van der Waals surface area contributed by atoms with E-state index in [1.807, 2.05) is 13.0 Å². The van der Waals surface area contributed by atoms with Crippen LogP contribution < -0.4 is 0 Å². The van der Waals surface area contributed by atoms with Gasteiger partial charge in [-0.25, -0.2) is 0 Å². The molecule has 1 fully saturated rings. The summed E-state index contributed by atoms with van der Waals surface area (Å²) in [6, 6.07) is 0. The number of carbonyl (C=O) groups is 2. The molecule has 3 heteroatoms. The first kappa shape index (κ1) is 9.44. The number of hydrogen-bond donors (Lipinski definition) is 1. The van der Waals surface area contributed by atoms with Crippen LogP contribution in [0.15, 0.2) is 11.6 Å². The molecular weight excluding hydrogens is 180 g/mol. The van der Waals surface area contributed by atoms with Gasteiger partial charge in [0.05, 0.1) is 5.92 Å². The molecule has 0 spiro atoms. The molecule has 3 nitrogen and oxygen atoms in total. The van der Waals surface area contributed by atoms with Crippen molar-refractivity contribution < 1.29 is 14.7 Å². The summed E-state index contributed by atoms with van der Waals surface area (Å²) in [6.45, 7) is 1.89. The van der Waals surface area contributed by atoms with Gasteiger partial charge in [0.15, 0.2) is 0 Å². The van der Waals surface area contributed by atoms with Gasteiger partial charge in [0.1, 0.15) is 5.78 Å². The average Bonchev–Trinajstić information content (AvgIpc) is 2.40. The average molecular weight is 194 g/mol. The maximum Gasteiger partial charge on any atom is 0.311 e. The molecule has 0 aromatic heterocycles. The van der Waals surface area contributed by atoms with Crippen molar-refractivity contribution in [1.29, 1.82) is 0 Å². The molecular formula is C11H14O3. The van der Waals surface area contributed by atoms with Crippen LogP contribution in [0.3, 0.4) is 0 Å². The Hall–Kier alpha value is -1.12. The second-order valence-electron chi connectivity index (χ2n) is 4.40. The minimum absolute atomic E-state index is 0.107. The lowest BCUT2D eigenvalue weighted by Gasteiger charge is -2.28. The van der Waals surface area contributed by atoms with Crippen LogP contribution in [0.1, 0.15) is 32.6 Å². The van der Waals surface area contributed by atoms with Crippen molar-refractivity contribution in [3.8, 4) is 0 Å². The van der Waals surface area contributed by atoms with Crippen molar-refractivity contribution in [3.05, 3.63) is 11.6 Å². The molecule has 0 saturated heterocycles. The molecule has 0 amide bonds. The number of Topliss-reactive ketones (excluding diaryl/α,β-unsaturated/α-hetero) is 1. The van der Waals surface area contributed by atoms with Gasteiger partial charge in [-0.1, -0.05) is 6.08 Å². The number of ketones is 1. The van der Waals surface area contributed by atoms with E-state index in [2.05, 4.69) is 0 Å². The summed E-state index contributed by atoms with van der Waals surface area (Å²) >= 11 is 0. The minimum atomic E-state index is -0.852. The Morgan fingerprint density at radius 2 is 2.36 bits per heavy atom. The van der Waals surface area contributed by atoms with E-state index in [1.54, 1.807) is 0 Å². The highest BCUT2D eigenvalue weighted by Gasteiger charge is 2.50. The summed E-state index contributed by atoms with van der Waals surface area (Å²) in [5.41, 5.74) is 0.405. The van der Waals surface area contributed by atoms with Crippen LogP contribution in [0.2, 0.25) is 0 Å². The molecule has 1 saturated carbocycles. The van der Waals surface area contributed by atoms with Gasteiger partial charge < -0.3 is 5.11 Å². The van der Waals surface area contributed by atoms with E-state index in [0.29, 0.717) is 0 Å². The molecule has 0 radical (unpaired) electrons. The van der Waals surface area contributed by atoms with Crippen molar-refractivity contribution in [2.45, 2.75) is 32.6 Å². The Morgan fingerprint density at radius 3 is 3.00 bits per heavy atom. The number of carbonyl (C=O) groups excluding carboxylic acids is 1.